The van der Waals surface area contributed by atoms with Gasteiger partial charge >= 0.3 is 5.97 Å². The third kappa shape index (κ3) is 2.38. The number of aryl methyl sites for hydroxylation is 2. The average Bonchev–Trinajstić information content (AvgIpc) is 2.46. The summed E-state index contributed by atoms with van der Waals surface area (Å²) in [6.07, 6.45) is 0. The van der Waals surface area contributed by atoms with Crippen molar-refractivity contribution in [2.75, 3.05) is 0 Å². The van der Waals surface area contributed by atoms with Crippen LogP contribution in [0.4, 0.5) is 0 Å². The lowest BCUT2D eigenvalue weighted by Gasteiger charge is -2.09. The lowest BCUT2D eigenvalue weighted by Crippen LogP contribution is -2.01. The van der Waals surface area contributed by atoms with Crippen molar-refractivity contribution in [2.45, 2.75) is 13.8 Å². The summed E-state index contributed by atoms with van der Waals surface area (Å²) in [5.74, 6) is -0.928. The largest absolute Gasteiger partial charge is 0.478 e. The number of aromatic nitrogens is 1. The predicted molar refractivity (Wildman–Crippen MR) is 83.6 cm³/mol. The van der Waals surface area contributed by atoms with E-state index in [2.05, 4.69) is 4.98 Å². The molecule has 3 nitrogen and oxygen atoms in total. The Hall–Kier alpha value is -2.68. The van der Waals surface area contributed by atoms with Crippen LogP contribution in [0, 0.1) is 13.8 Å². The number of aromatic carboxylic acids is 1. The van der Waals surface area contributed by atoms with Gasteiger partial charge in [0.25, 0.3) is 0 Å². The molecule has 0 aliphatic heterocycles. The number of nitrogens with zero attached hydrogens (tertiary/aromatic N) is 1. The van der Waals surface area contributed by atoms with Crippen LogP contribution in [-0.4, -0.2) is 16.1 Å². The van der Waals surface area contributed by atoms with Gasteiger partial charge in [0, 0.05) is 10.9 Å². The minimum Gasteiger partial charge on any atom is -0.478 e. The van der Waals surface area contributed by atoms with E-state index in [1.807, 2.05) is 56.3 Å². The SMILES string of the molecule is Cc1ccc2nc(-c3ccccc3C)cc(C(=O)O)c2c1. The molecule has 21 heavy (non-hydrogen) atoms. The Balaban J connectivity index is 2.34. The van der Waals surface area contributed by atoms with Gasteiger partial charge in [0.15, 0.2) is 0 Å². The molecule has 104 valence electrons. The first kappa shape index (κ1) is 13.3. The maximum Gasteiger partial charge on any atom is 0.336 e. The van der Waals surface area contributed by atoms with Crippen LogP contribution >= 0.6 is 0 Å². The molecule has 1 aromatic heterocycles. The van der Waals surface area contributed by atoms with Gasteiger partial charge in [-0.3, -0.25) is 0 Å². The van der Waals surface area contributed by atoms with Crippen molar-refractivity contribution in [3.05, 3.63) is 65.2 Å². The Morgan fingerprint density at radius 3 is 2.52 bits per heavy atom. The highest BCUT2D eigenvalue weighted by Gasteiger charge is 2.13. The lowest BCUT2D eigenvalue weighted by atomic mass is 10.0. The van der Waals surface area contributed by atoms with E-state index in [9.17, 15) is 9.90 Å². The number of hydrogen-bond acceptors (Lipinski definition) is 2. The van der Waals surface area contributed by atoms with Crippen molar-refractivity contribution >= 4 is 16.9 Å². The molecule has 0 saturated heterocycles. The van der Waals surface area contributed by atoms with Crippen molar-refractivity contribution in [2.24, 2.45) is 0 Å². The molecule has 2 aromatic carbocycles. The van der Waals surface area contributed by atoms with Gasteiger partial charge in [0.1, 0.15) is 0 Å². The Morgan fingerprint density at radius 2 is 1.81 bits per heavy atom. The average molecular weight is 277 g/mol. The molecule has 1 N–H and O–H groups in total. The molecule has 0 spiro atoms. The van der Waals surface area contributed by atoms with E-state index in [1.54, 1.807) is 6.07 Å². The molecule has 3 heteroatoms. The zero-order valence-electron chi connectivity index (χ0n) is 11.9. The summed E-state index contributed by atoms with van der Waals surface area (Å²) in [7, 11) is 0. The quantitative estimate of drug-likeness (QED) is 0.763. The molecule has 0 unspecified atom stereocenters. The molecule has 0 bridgehead atoms. The third-order valence-electron chi connectivity index (χ3n) is 3.62. The molecule has 0 aliphatic carbocycles. The van der Waals surface area contributed by atoms with Crippen LogP contribution in [0.2, 0.25) is 0 Å². The molecule has 0 fully saturated rings. The molecule has 1 heterocycles. The van der Waals surface area contributed by atoms with E-state index in [0.29, 0.717) is 22.2 Å². The second-order valence-electron chi connectivity index (χ2n) is 5.20. The molecular weight excluding hydrogens is 262 g/mol. The predicted octanol–water partition coefficient (Wildman–Crippen LogP) is 4.22. The first-order chi connectivity index (χ1) is 10.1. The van der Waals surface area contributed by atoms with Gasteiger partial charge in [-0.15, -0.1) is 0 Å². The van der Waals surface area contributed by atoms with Crippen LogP contribution in [0.15, 0.2) is 48.5 Å². The fourth-order valence-electron chi connectivity index (χ4n) is 2.51. The summed E-state index contributed by atoms with van der Waals surface area (Å²) in [5, 5.41) is 10.2. The molecule has 0 atom stereocenters. The first-order valence-electron chi connectivity index (χ1n) is 6.77. The molecule has 3 aromatic rings. The van der Waals surface area contributed by atoms with Crippen molar-refractivity contribution in [1.29, 1.82) is 0 Å². The zero-order chi connectivity index (χ0) is 15.0. The van der Waals surface area contributed by atoms with Gasteiger partial charge in [-0.05, 0) is 37.6 Å². The van der Waals surface area contributed by atoms with E-state index in [1.165, 1.54) is 0 Å². The fourth-order valence-corrected chi connectivity index (χ4v) is 2.51. The number of carbonyl (C=O) groups is 1. The Bertz CT molecular complexity index is 853. The third-order valence-corrected chi connectivity index (χ3v) is 3.62. The smallest absolute Gasteiger partial charge is 0.336 e. The van der Waals surface area contributed by atoms with Gasteiger partial charge in [-0.1, -0.05) is 35.9 Å². The summed E-state index contributed by atoms with van der Waals surface area (Å²) in [6.45, 7) is 3.94. The maximum absolute atomic E-state index is 11.6. The van der Waals surface area contributed by atoms with Gasteiger partial charge < -0.3 is 5.11 Å². The van der Waals surface area contributed by atoms with E-state index >= 15 is 0 Å². The number of hydrogen-bond donors (Lipinski definition) is 1. The molecule has 0 saturated carbocycles. The maximum atomic E-state index is 11.6. The van der Waals surface area contributed by atoms with Gasteiger partial charge in [-0.2, -0.15) is 0 Å². The van der Waals surface area contributed by atoms with Gasteiger partial charge in [0.2, 0.25) is 0 Å². The summed E-state index contributed by atoms with van der Waals surface area (Å²) < 4.78 is 0. The van der Waals surface area contributed by atoms with E-state index in [4.69, 9.17) is 0 Å². The normalized spacial score (nSPS) is 10.8. The number of carboxylic acids is 1. The van der Waals surface area contributed by atoms with Crippen LogP contribution in [0.5, 0.6) is 0 Å². The Kier molecular flexibility index (Phi) is 3.18. The second kappa shape index (κ2) is 5.02. The van der Waals surface area contributed by atoms with Crippen molar-refractivity contribution < 1.29 is 9.90 Å². The summed E-state index contributed by atoms with van der Waals surface area (Å²) in [6, 6.07) is 15.2. The van der Waals surface area contributed by atoms with Crippen LogP contribution in [0.1, 0.15) is 21.5 Å². The molecule has 0 amide bonds. The topological polar surface area (TPSA) is 50.2 Å². The highest BCUT2D eigenvalue weighted by molar-refractivity contribution is 6.04. The van der Waals surface area contributed by atoms with Crippen molar-refractivity contribution in [1.82, 2.24) is 4.98 Å². The van der Waals surface area contributed by atoms with Gasteiger partial charge in [-0.25, -0.2) is 9.78 Å². The lowest BCUT2D eigenvalue weighted by molar-refractivity contribution is 0.0699. The molecule has 3 rings (SSSR count). The highest BCUT2D eigenvalue weighted by Crippen LogP contribution is 2.27. The van der Waals surface area contributed by atoms with E-state index in [0.717, 1.165) is 16.7 Å². The minimum atomic E-state index is -0.928. The fraction of sp³-hybridized carbons (Fsp3) is 0.111. The first-order valence-corrected chi connectivity index (χ1v) is 6.77. The van der Waals surface area contributed by atoms with E-state index in [-0.39, 0.29) is 0 Å². The number of pyridine rings is 1. The Labute approximate surface area is 122 Å². The van der Waals surface area contributed by atoms with Crippen molar-refractivity contribution in [3.8, 4) is 11.3 Å². The van der Waals surface area contributed by atoms with Crippen LogP contribution < -0.4 is 0 Å². The molecular formula is C18H15NO2. The van der Waals surface area contributed by atoms with Crippen LogP contribution in [0.3, 0.4) is 0 Å². The summed E-state index contributed by atoms with van der Waals surface area (Å²) in [4.78, 5) is 16.2. The van der Waals surface area contributed by atoms with Crippen molar-refractivity contribution in [3.63, 3.8) is 0 Å². The Morgan fingerprint density at radius 1 is 1.05 bits per heavy atom. The van der Waals surface area contributed by atoms with Crippen LogP contribution in [0.25, 0.3) is 22.2 Å². The number of rotatable bonds is 2. The molecule has 0 aliphatic rings. The molecule has 0 radical (unpaired) electrons. The number of benzene rings is 2. The monoisotopic (exact) mass is 277 g/mol. The van der Waals surface area contributed by atoms with E-state index < -0.39 is 5.97 Å². The number of carboxylic acid groups (broad SMARTS) is 1. The standard InChI is InChI=1S/C18H15NO2/c1-11-7-8-16-14(9-11)15(18(20)21)10-17(19-16)13-6-4-3-5-12(13)2/h3-10H,1-2H3,(H,20,21). The second-order valence-corrected chi connectivity index (χ2v) is 5.20. The van der Waals surface area contributed by atoms with Crippen LogP contribution in [-0.2, 0) is 0 Å². The minimum absolute atomic E-state index is 0.293. The highest BCUT2D eigenvalue weighted by atomic mass is 16.4. The van der Waals surface area contributed by atoms with Gasteiger partial charge in [0.05, 0.1) is 16.8 Å². The number of fused-ring (bicyclic) bond motifs is 1. The summed E-state index contributed by atoms with van der Waals surface area (Å²) in [5.41, 5.74) is 4.76. The zero-order valence-corrected chi connectivity index (χ0v) is 11.9. The summed E-state index contributed by atoms with van der Waals surface area (Å²) >= 11 is 0.